The number of rotatable bonds is 7. The number of nitrogens with one attached hydrogen (secondary N) is 1. The van der Waals surface area contributed by atoms with Crippen molar-refractivity contribution in [3.05, 3.63) is 72.8 Å². The number of carbonyl (C=O) groups is 1. The van der Waals surface area contributed by atoms with Crippen molar-refractivity contribution < 1.29 is 14.3 Å². The lowest BCUT2D eigenvalue weighted by Gasteiger charge is -2.10. The number of aromatic nitrogens is 4. The average molecular weight is 472 g/mol. The monoisotopic (exact) mass is 471 g/mol. The molecule has 5 rings (SSSR count). The first kappa shape index (κ1) is 21.7. The van der Waals surface area contributed by atoms with E-state index in [1.165, 1.54) is 11.8 Å². The standard InChI is InChI=1S/C25H21N5O3S/c1-32-18-12-10-16(11-13-18)23-27-21-9-4-3-8-20(21)24-28-29-25(30(23)24)34-15-22(31)26-17-6-5-7-19(14-17)33-2/h3-14H,15H2,1-2H3,(H,26,31). The Morgan fingerprint density at radius 3 is 2.53 bits per heavy atom. The lowest BCUT2D eigenvalue weighted by atomic mass is 10.1. The van der Waals surface area contributed by atoms with Gasteiger partial charge in [-0.3, -0.25) is 9.20 Å². The van der Waals surface area contributed by atoms with E-state index in [9.17, 15) is 4.79 Å². The Hall–Kier alpha value is -4.11. The third kappa shape index (κ3) is 4.25. The van der Waals surface area contributed by atoms with E-state index in [1.54, 1.807) is 20.3 Å². The fraction of sp³-hybridized carbons (Fsp3) is 0.120. The van der Waals surface area contributed by atoms with Crippen LogP contribution in [0.5, 0.6) is 11.5 Å². The van der Waals surface area contributed by atoms with Gasteiger partial charge in [0, 0.05) is 22.7 Å². The zero-order valence-electron chi connectivity index (χ0n) is 18.6. The summed E-state index contributed by atoms with van der Waals surface area (Å²) in [6.45, 7) is 0. The highest BCUT2D eigenvalue weighted by Gasteiger charge is 2.18. The molecule has 0 radical (unpaired) electrons. The highest BCUT2D eigenvalue weighted by molar-refractivity contribution is 7.99. The third-order valence-corrected chi connectivity index (χ3v) is 6.18. The number of amides is 1. The molecule has 0 fully saturated rings. The summed E-state index contributed by atoms with van der Waals surface area (Å²) in [5, 5.41) is 13.2. The number of methoxy groups -OCH3 is 2. The molecule has 9 heteroatoms. The molecular weight excluding hydrogens is 450 g/mol. The van der Waals surface area contributed by atoms with Gasteiger partial charge in [-0.25, -0.2) is 4.98 Å². The van der Waals surface area contributed by atoms with Crippen molar-refractivity contribution in [3.63, 3.8) is 0 Å². The number of fused-ring (bicyclic) bond motifs is 3. The van der Waals surface area contributed by atoms with Gasteiger partial charge in [-0.2, -0.15) is 0 Å². The maximum Gasteiger partial charge on any atom is 0.234 e. The fourth-order valence-corrected chi connectivity index (χ4v) is 4.35. The first-order valence-corrected chi connectivity index (χ1v) is 11.5. The second kappa shape index (κ2) is 9.40. The molecule has 0 aliphatic heterocycles. The first-order chi connectivity index (χ1) is 16.7. The lowest BCUT2D eigenvalue weighted by molar-refractivity contribution is -0.113. The number of ether oxygens (including phenoxy) is 2. The second-order valence-electron chi connectivity index (χ2n) is 7.39. The van der Waals surface area contributed by atoms with E-state index in [1.807, 2.05) is 71.1 Å². The maximum atomic E-state index is 12.6. The molecule has 1 amide bonds. The summed E-state index contributed by atoms with van der Waals surface area (Å²) in [5.41, 5.74) is 3.06. The molecule has 34 heavy (non-hydrogen) atoms. The van der Waals surface area contributed by atoms with E-state index in [4.69, 9.17) is 14.5 Å². The van der Waals surface area contributed by atoms with Gasteiger partial charge in [0.1, 0.15) is 17.3 Å². The molecule has 0 bridgehead atoms. The number of hydrogen-bond donors (Lipinski definition) is 1. The van der Waals surface area contributed by atoms with Gasteiger partial charge < -0.3 is 14.8 Å². The van der Waals surface area contributed by atoms with Crippen LogP contribution >= 0.6 is 11.8 Å². The van der Waals surface area contributed by atoms with Crippen molar-refractivity contribution >= 4 is 39.9 Å². The Kier molecular flexibility index (Phi) is 6.01. The number of para-hydroxylation sites is 1. The average Bonchev–Trinajstić information content (AvgIpc) is 3.31. The van der Waals surface area contributed by atoms with Crippen LogP contribution < -0.4 is 14.8 Å². The van der Waals surface area contributed by atoms with E-state index in [0.717, 1.165) is 22.2 Å². The number of nitrogens with zero attached hydrogens (tertiary/aromatic N) is 4. The van der Waals surface area contributed by atoms with Crippen LogP contribution in [0, 0.1) is 0 Å². The van der Waals surface area contributed by atoms with E-state index in [2.05, 4.69) is 15.5 Å². The maximum absolute atomic E-state index is 12.6. The van der Waals surface area contributed by atoms with Crippen LogP contribution in [0.2, 0.25) is 0 Å². The largest absolute Gasteiger partial charge is 0.497 e. The van der Waals surface area contributed by atoms with Crippen molar-refractivity contribution in [2.75, 3.05) is 25.3 Å². The van der Waals surface area contributed by atoms with Crippen molar-refractivity contribution in [3.8, 4) is 22.9 Å². The van der Waals surface area contributed by atoms with Crippen LogP contribution in [0.15, 0.2) is 78.0 Å². The van der Waals surface area contributed by atoms with Crippen LogP contribution in [-0.4, -0.2) is 45.5 Å². The molecular formula is C25H21N5O3S. The lowest BCUT2D eigenvalue weighted by Crippen LogP contribution is -2.14. The van der Waals surface area contributed by atoms with Gasteiger partial charge in [-0.1, -0.05) is 30.0 Å². The molecule has 1 N–H and O–H groups in total. The van der Waals surface area contributed by atoms with Crippen molar-refractivity contribution in [1.82, 2.24) is 19.6 Å². The molecule has 0 spiro atoms. The Balaban J connectivity index is 1.48. The number of thioether (sulfide) groups is 1. The summed E-state index contributed by atoms with van der Waals surface area (Å²) in [6, 6.07) is 22.7. The van der Waals surface area contributed by atoms with Crippen molar-refractivity contribution in [2.45, 2.75) is 5.16 Å². The number of carbonyl (C=O) groups excluding carboxylic acids is 1. The normalized spacial score (nSPS) is 11.0. The molecule has 0 unspecified atom stereocenters. The number of benzene rings is 3. The minimum atomic E-state index is -0.158. The highest BCUT2D eigenvalue weighted by atomic mass is 32.2. The van der Waals surface area contributed by atoms with E-state index < -0.39 is 0 Å². The van der Waals surface area contributed by atoms with E-state index in [0.29, 0.717) is 28.1 Å². The van der Waals surface area contributed by atoms with Crippen LogP contribution in [0.3, 0.4) is 0 Å². The Labute approximate surface area is 199 Å². The van der Waals surface area contributed by atoms with Crippen LogP contribution in [0.25, 0.3) is 27.9 Å². The SMILES string of the molecule is COc1ccc(-c2nc3ccccc3c3nnc(SCC(=O)Nc4cccc(OC)c4)n23)cc1. The zero-order chi connectivity index (χ0) is 23.5. The van der Waals surface area contributed by atoms with Gasteiger partial charge in [0.05, 0.1) is 25.5 Å². The van der Waals surface area contributed by atoms with Gasteiger partial charge in [0.25, 0.3) is 0 Å². The predicted octanol–water partition coefficient (Wildman–Crippen LogP) is 4.69. The summed E-state index contributed by atoms with van der Waals surface area (Å²) in [4.78, 5) is 17.5. The second-order valence-corrected chi connectivity index (χ2v) is 8.33. The van der Waals surface area contributed by atoms with Crippen LogP contribution in [0.1, 0.15) is 0 Å². The summed E-state index contributed by atoms with van der Waals surface area (Å²) in [6.07, 6.45) is 0. The molecule has 8 nitrogen and oxygen atoms in total. The molecule has 2 aromatic heterocycles. The quantitative estimate of drug-likeness (QED) is 0.344. The van der Waals surface area contributed by atoms with Gasteiger partial charge in [-0.05, 0) is 48.5 Å². The molecule has 0 atom stereocenters. The molecule has 3 aromatic carbocycles. The zero-order valence-corrected chi connectivity index (χ0v) is 19.4. The predicted molar refractivity (Wildman–Crippen MR) is 133 cm³/mol. The summed E-state index contributed by atoms with van der Waals surface area (Å²) >= 11 is 1.30. The molecule has 5 aromatic rings. The fourth-order valence-electron chi connectivity index (χ4n) is 3.61. The van der Waals surface area contributed by atoms with Crippen molar-refractivity contribution in [2.24, 2.45) is 0 Å². The first-order valence-electron chi connectivity index (χ1n) is 10.5. The minimum absolute atomic E-state index is 0.158. The summed E-state index contributed by atoms with van der Waals surface area (Å²) in [7, 11) is 3.22. The topological polar surface area (TPSA) is 90.6 Å². The third-order valence-electron chi connectivity index (χ3n) is 5.25. The van der Waals surface area contributed by atoms with Crippen LogP contribution in [-0.2, 0) is 4.79 Å². The van der Waals surface area contributed by atoms with Gasteiger partial charge in [0.15, 0.2) is 10.8 Å². The minimum Gasteiger partial charge on any atom is -0.497 e. The van der Waals surface area contributed by atoms with Gasteiger partial charge in [0.2, 0.25) is 5.91 Å². The summed E-state index contributed by atoms with van der Waals surface area (Å²) < 4.78 is 12.4. The van der Waals surface area contributed by atoms with Gasteiger partial charge in [-0.15, -0.1) is 10.2 Å². The van der Waals surface area contributed by atoms with E-state index in [-0.39, 0.29) is 11.7 Å². The Bertz CT molecular complexity index is 1480. The number of hydrogen-bond acceptors (Lipinski definition) is 7. The van der Waals surface area contributed by atoms with Crippen molar-refractivity contribution in [1.29, 1.82) is 0 Å². The summed E-state index contributed by atoms with van der Waals surface area (Å²) in [5.74, 6) is 2.13. The molecule has 0 aliphatic rings. The Morgan fingerprint density at radius 1 is 0.941 bits per heavy atom. The smallest absolute Gasteiger partial charge is 0.234 e. The van der Waals surface area contributed by atoms with Gasteiger partial charge >= 0.3 is 0 Å². The molecule has 170 valence electrons. The number of anilines is 1. The molecule has 0 saturated heterocycles. The molecule has 2 heterocycles. The highest BCUT2D eigenvalue weighted by Crippen LogP contribution is 2.30. The van der Waals surface area contributed by atoms with Crippen LogP contribution in [0.4, 0.5) is 5.69 Å². The van der Waals surface area contributed by atoms with E-state index >= 15 is 0 Å². The molecule has 0 saturated carbocycles. The Morgan fingerprint density at radius 2 is 1.74 bits per heavy atom. The molecule has 0 aliphatic carbocycles.